The summed E-state index contributed by atoms with van der Waals surface area (Å²) >= 11 is 5.63. The summed E-state index contributed by atoms with van der Waals surface area (Å²) < 4.78 is 6.76. The standard InChI is InChI=1S/C10H10BrIO2/c1-6-3-7(11)4-9(12)8(6)5-10(13)14-2/h3-4H,5H2,1-2H3. The van der Waals surface area contributed by atoms with Crippen LogP contribution in [0.4, 0.5) is 0 Å². The van der Waals surface area contributed by atoms with Gasteiger partial charge in [-0.2, -0.15) is 0 Å². The molecular formula is C10H10BrIO2. The van der Waals surface area contributed by atoms with Gasteiger partial charge in [0, 0.05) is 8.04 Å². The Kier molecular flexibility index (Phi) is 4.37. The second-order valence-corrected chi connectivity index (χ2v) is 5.01. The molecule has 0 saturated carbocycles. The number of carbonyl (C=O) groups excluding carboxylic acids is 1. The first-order valence-electron chi connectivity index (χ1n) is 4.06. The summed E-state index contributed by atoms with van der Waals surface area (Å²) in [7, 11) is 1.41. The van der Waals surface area contributed by atoms with Crippen LogP contribution in [0.3, 0.4) is 0 Å². The van der Waals surface area contributed by atoms with Crippen molar-refractivity contribution >= 4 is 44.5 Å². The zero-order valence-corrected chi connectivity index (χ0v) is 11.7. The van der Waals surface area contributed by atoms with Crippen molar-refractivity contribution in [3.8, 4) is 0 Å². The molecule has 0 radical (unpaired) electrons. The molecular weight excluding hydrogens is 359 g/mol. The van der Waals surface area contributed by atoms with Crippen molar-refractivity contribution in [3.05, 3.63) is 31.3 Å². The van der Waals surface area contributed by atoms with Gasteiger partial charge in [0.05, 0.1) is 13.5 Å². The molecule has 2 nitrogen and oxygen atoms in total. The highest BCUT2D eigenvalue weighted by molar-refractivity contribution is 14.1. The third kappa shape index (κ3) is 2.95. The molecule has 0 aliphatic carbocycles. The lowest BCUT2D eigenvalue weighted by Gasteiger charge is -2.08. The molecule has 76 valence electrons. The average Bonchev–Trinajstić information content (AvgIpc) is 2.10. The van der Waals surface area contributed by atoms with Gasteiger partial charge in [0.25, 0.3) is 0 Å². The Hall–Kier alpha value is -0.100. The van der Waals surface area contributed by atoms with Crippen LogP contribution < -0.4 is 0 Å². The van der Waals surface area contributed by atoms with E-state index in [9.17, 15) is 4.79 Å². The second-order valence-electron chi connectivity index (χ2n) is 2.94. The van der Waals surface area contributed by atoms with Crippen LogP contribution in [0.15, 0.2) is 16.6 Å². The van der Waals surface area contributed by atoms with Crippen LogP contribution in [-0.2, 0) is 16.0 Å². The predicted molar refractivity (Wildman–Crippen MR) is 67.3 cm³/mol. The fourth-order valence-corrected chi connectivity index (χ4v) is 3.12. The number of methoxy groups -OCH3 is 1. The molecule has 0 atom stereocenters. The monoisotopic (exact) mass is 368 g/mol. The topological polar surface area (TPSA) is 26.3 Å². The summed E-state index contributed by atoms with van der Waals surface area (Å²) in [5.74, 6) is -0.201. The van der Waals surface area contributed by atoms with E-state index >= 15 is 0 Å². The number of halogens is 2. The van der Waals surface area contributed by atoms with Gasteiger partial charge in [-0.15, -0.1) is 0 Å². The molecule has 1 rings (SSSR count). The number of rotatable bonds is 2. The van der Waals surface area contributed by atoms with Gasteiger partial charge in [-0.1, -0.05) is 15.9 Å². The van der Waals surface area contributed by atoms with Crippen LogP contribution in [-0.4, -0.2) is 13.1 Å². The molecule has 0 N–H and O–H groups in total. The van der Waals surface area contributed by atoms with E-state index in [0.717, 1.165) is 19.2 Å². The minimum absolute atomic E-state index is 0.201. The zero-order chi connectivity index (χ0) is 10.7. The molecule has 0 aromatic heterocycles. The summed E-state index contributed by atoms with van der Waals surface area (Å²) in [5, 5.41) is 0. The van der Waals surface area contributed by atoms with Gasteiger partial charge in [-0.3, -0.25) is 4.79 Å². The first-order chi connectivity index (χ1) is 6.54. The summed E-state index contributed by atoms with van der Waals surface area (Å²) in [6, 6.07) is 3.99. The van der Waals surface area contributed by atoms with Crippen LogP contribution in [0.25, 0.3) is 0 Å². The number of esters is 1. The van der Waals surface area contributed by atoms with Crippen molar-refractivity contribution < 1.29 is 9.53 Å². The predicted octanol–water partition coefficient (Wildman–Crippen LogP) is 3.08. The van der Waals surface area contributed by atoms with Crippen LogP contribution in [0.5, 0.6) is 0 Å². The van der Waals surface area contributed by atoms with Gasteiger partial charge < -0.3 is 4.74 Å². The Morgan fingerprint density at radius 3 is 2.71 bits per heavy atom. The van der Waals surface area contributed by atoms with Crippen LogP contribution >= 0.6 is 38.5 Å². The zero-order valence-electron chi connectivity index (χ0n) is 7.93. The van der Waals surface area contributed by atoms with Gasteiger partial charge in [-0.05, 0) is 52.8 Å². The highest BCUT2D eigenvalue weighted by Gasteiger charge is 2.10. The molecule has 0 spiro atoms. The summed E-state index contributed by atoms with van der Waals surface area (Å²) in [5.41, 5.74) is 2.15. The van der Waals surface area contributed by atoms with Gasteiger partial charge in [0.1, 0.15) is 0 Å². The number of benzene rings is 1. The van der Waals surface area contributed by atoms with E-state index in [4.69, 9.17) is 0 Å². The molecule has 0 unspecified atom stereocenters. The Morgan fingerprint density at radius 1 is 1.57 bits per heavy atom. The molecule has 14 heavy (non-hydrogen) atoms. The van der Waals surface area contributed by atoms with E-state index in [2.05, 4.69) is 43.3 Å². The molecule has 0 aliphatic heterocycles. The van der Waals surface area contributed by atoms with E-state index in [1.165, 1.54) is 7.11 Å². The molecule has 0 saturated heterocycles. The quantitative estimate of drug-likeness (QED) is 0.592. The van der Waals surface area contributed by atoms with Crippen molar-refractivity contribution in [1.29, 1.82) is 0 Å². The van der Waals surface area contributed by atoms with Gasteiger partial charge in [0.15, 0.2) is 0 Å². The van der Waals surface area contributed by atoms with E-state index in [1.807, 2.05) is 19.1 Å². The molecule has 4 heteroatoms. The van der Waals surface area contributed by atoms with Crippen molar-refractivity contribution in [1.82, 2.24) is 0 Å². The number of carbonyl (C=O) groups is 1. The SMILES string of the molecule is COC(=O)Cc1c(C)cc(Br)cc1I. The maximum Gasteiger partial charge on any atom is 0.310 e. The maximum atomic E-state index is 11.1. The lowest BCUT2D eigenvalue weighted by atomic mass is 10.1. The smallest absolute Gasteiger partial charge is 0.310 e. The lowest BCUT2D eigenvalue weighted by molar-refractivity contribution is -0.139. The van der Waals surface area contributed by atoms with Crippen LogP contribution in [0, 0.1) is 10.5 Å². The number of hydrogen-bond donors (Lipinski definition) is 0. The molecule has 1 aromatic rings. The van der Waals surface area contributed by atoms with Gasteiger partial charge in [0.2, 0.25) is 0 Å². The average molecular weight is 369 g/mol. The normalized spacial score (nSPS) is 10.0. The number of aryl methyl sites for hydroxylation is 1. The summed E-state index contributed by atoms with van der Waals surface area (Å²) in [6.45, 7) is 1.99. The van der Waals surface area contributed by atoms with Crippen molar-refractivity contribution in [2.45, 2.75) is 13.3 Å². The van der Waals surface area contributed by atoms with Crippen LogP contribution in [0.2, 0.25) is 0 Å². The van der Waals surface area contributed by atoms with Crippen molar-refractivity contribution in [3.63, 3.8) is 0 Å². The molecule has 0 amide bonds. The third-order valence-corrected chi connectivity index (χ3v) is 3.35. The number of ether oxygens (including phenoxy) is 1. The maximum absolute atomic E-state index is 11.1. The van der Waals surface area contributed by atoms with Crippen LogP contribution in [0.1, 0.15) is 11.1 Å². The first-order valence-corrected chi connectivity index (χ1v) is 5.93. The van der Waals surface area contributed by atoms with Crippen molar-refractivity contribution in [2.75, 3.05) is 7.11 Å². The minimum atomic E-state index is -0.201. The van der Waals surface area contributed by atoms with Gasteiger partial charge in [-0.25, -0.2) is 0 Å². The Bertz CT molecular complexity index is 340. The largest absolute Gasteiger partial charge is 0.469 e. The van der Waals surface area contributed by atoms with Crippen molar-refractivity contribution in [2.24, 2.45) is 0 Å². The lowest BCUT2D eigenvalue weighted by Crippen LogP contribution is -2.07. The summed E-state index contributed by atoms with van der Waals surface area (Å²) in [6.07, 6.45) is 0.341. The van der Waals surface area contributed by atoms with E-state index in [0.29, 0.717) is 6.42 Å². The van der Waals surface area contributed by atoms with E-state index < -0.39 is 0 Å². The fourth-order valence-electron chi connectivity index (χ4n) is 1.17. The molecule has 0 bridgehead atoms. The Balaban J connectivity index is 3.02. The Labute approximate surface area is 105 Å². The highest BCUT2D eigenvalue weighted by Crippen LogP contribution is 2.23. The number of hydrogen-bond acceptors (Lipinski definition) is 2. The van der Waals surface area contributed by atoms with Gasteiger partial charge >= 0.3 is 5.97 Å². The fraction of sp³-hybridized carbons (Fsp3) is 0.300. The third-order valence-electron chi connectivity index (χ3n) is 1.93. The molecule has 1 aromatic carbocycles. The van der Waals surface area contributed by atoms with E-state index in [1.54, 1.807) is 0 Å². The molecule has 0 fully saturated rings. The Morgan fingerprint density at radius 2 is 2.21 bits per heavy atom. The first kappa shape index (κ1) is 12.0. The summed E-state index contributed by atoms with van der Waals surface area (Å²) in [4.78, 5) is 11.1. The highest BCUT2D eigenvalue weighted by atomic mass is 127. The van der Waals surface area contributed by atoms with E-state index in [-0.39, 0.29) is 5.97 Å². The molecule has 0 heterocycles. The second kappa shape index (κ2) is 5.11. The minimum Gasteiger partial charge on any atom is -0.469 e. The molecule has 0 aliphatic rings.